The van der Waals surface area contributed by atoms with Gasteiger partial charge in [0.05, 0.1) is 22.1 Å². The highest BCUT2D eigenvalue weighted by Crippen LogP contribution is 2.50. The monoisotopic (exact) mass is 877 g/mol. The number of aromatic nitrogens is 3. The minimum Gasteiger partial charge on any atom is -0.310 e. The average Bonchev–Trinajstić information content (AvgIpc) is 3.96. The van der Waals surface area contributed by atoms with Crippen LogP contribution in [0.1, 0.15) is 26.3 Å². The molecule has 0 spiro atoms. The predicted molar refractivity (Wildman–Crippen MR) is 293 cm³/mol. The van der Waals surface area contributed by atoms with Crippen LogP contribution in [-0.2, 0) is 5.41 Å². The van der Waals surface area contributed by atoms with Gasteiger partial charge >= 0.3 is 0 Å². The van der Waals surface area contributed by atoms with E-state index in [0.29, 0.717) is 0 Å². The highest BCUT2D eigenvalue weighted by molar-refractivity contribution is 7.00. The summed E-state index contributed by atoms with van der Waals surface area (Å²) in [6.07, 6.45) is 0. The molecule has 0 unspecified atom stereocenters. The first kappa shape index (κ1) is 38.6. The summed E-state index contributed by atoms with van der Waals surface area (Å²) in [5.74, 6) is 0.959. The molecule has 0 atom stereocenters. The molecule has 4 heteroatoms. The number of hydrogen-bond donors (Lipinski definition) is 0. The topological polar surface area (TPSA) is 22.8 Å². The number of imidazole rings is 1. The van der Waals surface area contributed by atoms with Crippen molar-refractivity contribution in [1.82, 2.24) is 14.1 Å². The molecule has 0 fully saturated rings. The summed E-state index contributed by atoms with van der Waals surface area (Å²) >= 11 is 0. The van der Waals surface area contributed by atoms with Gasteiger partial charge in [0.15, 0.2) is 0 Å². The minimum absolute atomic E-state index is 0.0743. The summed E-state index contributed by atoms with van der Waals surface area (Å²) < 4.78 is 5.17. The summed E-state index contributed by atoms with van der Waals surface area (Å²) in [6.45, 7) is 6.94. The van der Waals surface area contributed by atoms with Crippen LogP contribution in [0.15, 0.2) is 212 Å². The van der Waals surface area contributed by atoms with Crippen molar-refractivity contribution in [2.75, 3.05) is 0 Å². The smallest absolute Gasteiger partial charge is 0.252 e. The zero-order chi connectivity index (χ0) is 45.7. The Balaban J connectivity index is 1.21. The van der Waals surface area contributed by atoms with Crippen LogP contribution in [0.25, 0.3) is 121 Å². The third kappa shape index (κ3) is 5.32. The molecule has 15 rings (SSSR count). The van der Waals surface area contributed by atoms with Crippen LogP contribution in [0.3, 0.4) is 0 Å². The molecule has 0 N–H and O–H groups in total. The maximum Gasteiger partial charge on any atom is 0.252 e. The Morgan fingerprint density at radius 1 is 0.420 bits per heavy atom. The Kier molecular flexibility index (Phi) is 7.86. The van der Waals surface area contributed by atoms with E-state index in [1.807, 2.05) is 0 Å². The Morgan fingerprint density at radius 2 is 1.03 bits per heavy atom. The van der Waals surface area contributed by atoms with Crippen molar-refractivity contribution in [2.45, 2.75) is 26.2 Å². The van der Waals surface area contributed by atoms with Crippen molar-refractivity contribution in [1.29, 1.82) is 0 Å². The molecule has 11 aromatic carbocycles. The highest BCUT2D eigenvalue weighted by atomic mass is 15.1. The van der Waals surface area contributed by atoms with Crippen LogP contribution in [0.5, 0.6) is 0 Å². The Morgan fingerprint density at radius 3 is 1.75 bits per heavy atom. The molecule has 0 saturated heterocycles. The number of nitrogens with zero attached hydrogens (tertiary/aromatic N) is 3. The van der Waals surface area contributed by atoms with Crippen LogP contribution >= 0.6 is 0 Å². The summed E-state index contributed by atoms with van der Waals surface area (Å²) in [5.41, 5.74) is 20.7. The SMILES string of the molecule is CC(C)(C)c1ccc2c3c4c(-c5ccccc5)c5ccccc5c(-c5ccccc5)c4cc4c3n(c2c1)-c1cc(-c2cccc3ccccc23)cc2c1B4c1cccc3nc(-c4ccccc4)n-2c13. The number of rotatable bonds is 4. The lowest BCUT2D eigenvalue weighted by molar-refractivity contribution is 0.591. The van der Waals surface area contributed by atoms with E-state index in [2.05, 4.69) is 242 Å². The van der Waals surface area contributed by atoms with E-state index in [9.17, 15) is 0 Å². The lowest BCUT2D eigenvalue weighted by atomic mass is 9.34. The number of para-hydroxylation sites is 1. The molecule has 2 aromatic heterocycles. The minimum atomic E-state index is -0.0749. The van der Waals surface area contributed by atoms with Crippen LogP contribution in [0, 0.1) is 0 Å². The van der Waals surface area contributed by atoms with Gasteiger partial charge in [-0.15, -0.1) is 0 Å². The maximum atomic E-state index is 5.54. The molecule has 13 aromatic rings. The zero-order valence-corrected chi connectivity index (χ0v) is 38.6. The second-order valence-electron chi connectivity index (χ2n) is 20.2. The van der Waals surface area contributed by atoms with Crippen molar-refractivity contribution >= 4 is 88.3 Å². The second kappa shape index (κ2) is 14.0. The third-order valence-corrected chi connectivity index (χ3v) is 15.4. The molecule has 0 bridgehead atoms. The maximum absolute atomic E-state index is 5.54. The lowest BCUT2D eigenvalue weighted by Crippen LogP contribution is -2.59. The first-order valence-corrected chi connectivity index (χ1v) is 24.2. The van der Waals surface area contributed by atoms with E-state index < -0.39 is 0 Å². The van der Waals surface area contributed by atoms with Gasteiger partial charge in [0, 0.05) is 33.1 Å². The zero-order valence-electron chi connectivity index (χ0n) is 38.6. The fourth-order valence-corrected chi connectivity index (χ4v) is 12.5. The summed E-state index contributed by atoms with van der Waals surface area (Å²) in [7, 11) is 0. The van der Waals surface area contributed by atoms with Gasteiger partial charge in [0.1, 0.15) is 5.82 Å². The van der Waals surface area contributed by atoms with Crippen LogP contribution in [-0.4, -0.2) is 20.8 Å². The van der Waals surface area contributed by atoms with Crippen LogP contribution in [0.4, 0.5) is 0 Å². The highest BCUT2D eigenvalue weighted by Gasteiger charge is 2.43. The number of hydrogen-bond acceptors (Lipinski definition) is 1. The van der Waals surface area contributed by atoms with E-state index in [1.54, 1.807) is 0 Å². The second-order valence-corrected chi connectivity index (χ2v) is 20.2. The molecule has 0 aliphatic carbocycles. The number of fused-ring (bicyclic) bond motifs is 11. The van der Waals surface area contributed by atoms with Crippen molar-refractivity contribution in [3.8, 4) is 56.1 Å². The van der Waals surface area contributed by atoms with E-state index in [-0.39, 0.29) is 12.1 Å². The van der Waals surface area contributed by atoms with Crippen LogP contribution < -0.4 is 16.4 Å². The fourth-order valence-electron chi connectivity index (χ4n) is 12.5. The van der Waals surface area contributed by atoms with E-state index in [0.717, 1.165) is 16.9 Å². The first-order valence-electron chi connectivity index (χ1n) is 24.2. The molecule has 0 radical (unpaired) electrons. The van der Waals surface area contributed by atoms with E-state index >= 15 is 0 Å². The molecule has 4 heterocycles. The van der Waals surface area contributed by atoms with Gasteiger partial charge in [-0.2, -0.15) is 0 Å². The summed E-state index contributed by atoms with van der Waals surface area (Å²) in [5, 5.41) is 10.1. The average molecular weight is 878 g/mol. The third-order valence-electron chi connectivity index (χ3n) is 15.4. The Hall–Kier alpha value is -8.47. The molecule has 322 valence electrons. The summed E-state index contributed by atoms with van der Waals surface area (Å²) in [6, 6.07) is 79.4. The summed E-state index contributed by atoms with van der Waals surface area (Å²) in [4.78, 5) is 5.54. The molecular formula is C65H44BN3. The van der Waals surface area contributed by atoms with Gasteiger partial charge in [-0.25, -0.2) is 4.98 Å². The van der Waals surface area contributed by atoms with E-state index in [1.165, 1.54) is 126 Å². The fraction of sp³-hybridized carbons (Fsp3) is 0.0615. The molecule has 0 amide bonds. The van der Waals surface area contributed by atoms with Crippen molar-refractivity contribution in [3.05, 3.63) is 218 Å². The van der Waals surface area contributed by atoms with Crippen molar-refractivity contribution < 1.29 is 0 Å². The lowest BCUT2D eigenvalue weighted by Gasteiger charge is -2.35. The first-order chi connectivity index (χ1) is 33.9. The van der Waals surface area contributed by atoms with Gasteiger partial charge in [-0.05, 0) is 112 Å². The predicted octanol–water partition coefficient (Wildman–Crippen LogP) is 14.7. The van der Waals surface area contributed by atoms with Gasteiger partial charge in [-0.1, -0.05) is 209 Å². The van der Waals surface area contributed by atoms with Crippen LogP contribution in [0.2, 0.25) is 0 Å². The number of benzene rings is 11. The standard InChI is InChI=1S/C65H44BN3/c1-65(2,3)44-33-34-49-54(37-44)68-55-35-43(46-30-17-26-39-19-13-14-27-45(39)46)36-56-61(55)66(51-31-18-32-53-62(51)69(56)64(67-53)42-24-11-6-12-25-42)52-38-50-57(40-20-7-4-8-21-40)47-28-15-16-29-48(47)58(41-22-9-5-10-23-41)59(50)60(49)63(52)68/h4-38H,1-3H3. The Labute approximate surface area is 400 Å². The van der Waals surface area contributed by atoms with Gasteiger partial charge in [-0.3, -0.25) is 4.57 Å². The molecule has 69 heavy (non-hydrogen) atoms. The van der Waals surface area contributed by atoms with Crippen molar-refractivity contribution in [3.63, 3.8) is 0 Å². The van der Waals surface area contributed by atoms with Gasteiger partial charge in [0.2, 0.25) is 0 Å². The molecular weight excluding hydrogens is 834 g/mol. The molecule has 0 saturated carbocycles. The normalized spacial score (nSPS) is 12.8. The van der Waals surface area contributed by atoms with Crippen molar-refractivity contribution in [2.24, 2.45) is 0 Å². The Bertz CT molecular complexity index is 4320. The largest absolute Gasteiger partial charge is 0.310 e. The molecule has 3 nitrogen and oxygen atoms in total. The van der Waals surface area contributed by atoms with Gasteiger partial charge < -0.3 is 4.57 Å². The van der Waals surface area contributed by atoms with Gasteiger partial charge in [0.25, 0.3) is 6.71 Å². The van der Waals surface area contributed by atoms with E-state index in [4.69, 9.17) is 4.98 Å². The quantitative estimate of drug-likeness (QED) is 0.128. The molecule has 2 aliphatic rings. The molecule has 2 aliphatic heterocycles.